The van der Waals surface area contributed by atoms with Crippen LogP contribution in [0, 0.1) is 0 Å². The highest BCUT2D eigenvalue weighted by atomic mass is 35.5. The van der Waals surface area contributed by atoms with Gasteiger partial charge in [-0.2, -0.15) is 11.8 Å². The number of carbonyl (C=O) groups excluding carboxylic acids is 1. The molecule has 1 amide bonds. The molecule has 1 atom stereocenters. The maximum absolute atomic E-state index is 12.3. The molecule has 1 aromatic carbocycles. The third-order valence-corrected chi connectivity index (χ3v) is 4.40. The molecular formula is C12H15ClN2OS. The van der Waals surface area contributed by atoms with Crippen molar-refractivity contribution in [2.75, 3.05) is 24.3 Å². The van der Waals surface area contributed by atoms with Crippen LogP contribution in [0.5, 0.6) is 0 Å². The summed E-state index contributed by atoms with van der Waals surface area (Å²) in [4.78, 5) is 14.0. The number of nitrogens with two attached hydrogens (primary N) is 1. The van der Waals surface area contributed by atoms with Crippen LogP contribution in [0.15, 0.2) is 18.2 Å². The molecule has 1 aliphatic rings. The van der Waals surface area contributed by atoms with Crippen molar-refractivity contribution in [2.45, 2.75) is 12.5 Å². The summed E-state index contributed by atoms with van der Waals surface area (Å²) in [5, 5.41) is 0.554. The van der Waals surface area contributed by atoms with E-state index < -0.39 is 0 Å². The van der Waals surface area contributed by atoms with Crippen molar-refractivity contribution in [1.29, 1.82) is 0 Å². The number of nitrogen functional groups attached to an aromatic ring is 1. The molecule has 2 rings (SSSR count). The normalized spacial score (nSPS) is 19.3. The van der Waals surface area contributed by atoms with Crippen LogP contribution < -0.4 is 5.73 Å². The minimum absolute atomic E-state index is 0.0216. The van der Waals surface area contributed by atoms with Gasteiger partial charge in [-0.1, -0.05) is 11.6 Å². The van der Waals surface area contributed by atoms with Crippen molar-refractivity contribution in [3.05, 3.63) is 28.8 Å². The molecule has 0 aliphatic carbocycles. The van der Waals surface area contributed by atoms with Gasteiger partial charge in [0.05, 0.1) is 5.56 Å². The van der Waals surface area contributed by atoms with Gasteiger partial charge in [-0.05, 0) is 30.4 Å². The van der Waals surface area contributed by atoms with Crippen LogP contribution in [-0.4, -0.2) is 35.4 Å². The van der Waals surface area contributed by atoms with Gasteiger partial charge in [-0.25, -0.2) is 0 Å². The number of halogens is 1. The molecule has 1 heterocycles. The Morgan fingerprint density at radius 3 is 2.94 bits per heavy atom. The molecule has 1 unspecified atom stereocenters. The molecular weight excluding hydrogens is 256 g/mol. The molecule has 0 spiro atoms. The van der Waals surface area contributed by atoms with Gasteiger partial charge in [0.1, 0.15) is 0 Å². The third kappa shape index (κ3) is 2.69. The van der Waals surface area contributed by atoms with Crippen LogP contribution in [0.3, 0.4) is 0 Å². The van der Waals surface area contributed by atoms with E-state index in [1.807, 2.05) is 18.8 Å². The summed E-state index contributed by atoms with van der Waals surface area (Å²) in [6.45, 7) is 0. The minimum atomic E-state index is -0.0216. The fraction of sp³-hybridized carbons (Fsp3) is 0.417. The minimum Gasteiger partial charge on any atom is -0.398 e. The zero-order valence-electron chi connectivity index (χ0n) is 9.65. The van der Waals surface area contributed by atoms with Gasteiger partial charge in [0.15, 0.2) is 0 Å². The van der Waals surface area contributed by atoms with E-state index in [-0.39, 0.29) is 5.91 Å². The highest BCUT2D eigenvalue weighted by Crippen LogP contribution is 2.25. The van der Waals surface area contributed by atoms with E-state index in [1.165, 1.54) is 0 Å². The quantitative estimate of drug-likeness (QED) is 0.840. The largest absolute Gasteiger partial charge is 0.398 e. The van der Waals surface area contributed by atoms with Gasteiger partial charge >= 0.3 is 0 Å². The van der Waals surface area contributed by atoms with Crippen LogP contribution in [0.25, 0.3) is 0 Å². The predicted octanol–water partition coefficient (Wildman–Crippen LogP) is 2.50. The van der Waals surface area contributed by atoms with Crippen molar-refractivity contribution in [1.82, 2.24) is 4.90 Å². The SMILES string of the molecule is CN(C(=O)c1ccc(Cl)cc1N)C1CCSC1. The highest BCUT2D eigenvalue weighted by Gasteiger charge is 2.25. The topological polar surface area (TPSA) is 46.3 Å². The first-order valence-corrected chi connectivity index (χ1v) is 7.03. The maximum Gasteiger partial charge on any atom is 0.255 e. The summed E-state index contributed by atoms with van der Waals surface area (Å²) in [5.41, 5.74) is 6.80. The molecule has 1 aliphatic heterocycles. The molecule has 1 saturated heterocycles. The summed E-state index contributed by atoms with van der Waals surface area (Å²) in [6, 6.07) is 5.33. The molecule has 1 aromatic rings. The number of thioether (sulfide) groups is 1. The molecule has 0 saturated carbocycles. The molecule has 17 heavy (non-hydrogen) atoms. The van der Waals surface area contributed by atoms with Gasteiger partial charge in [-0.15, -0.1) is 0 Å². The number of hydrogen-bond acceptors (Lipinski definition) is 3. The Morgan fingerprint density at radius 1 is 1.59 bits per heavy atom. The van der Waals surface area contributed by atoms with E-state index >= 15 is 0 Å². The Kier molecular flexibility index (Phi) is 3.84. The number of amides is 1. The molecule has 1 fully saturated rings. The van der Waals surface area contributed by atoms with E-state index in [4.69, 9.17) is 17.3 Å². The van der Waals surface area contributed by atoms with E-state index in [0.29, 0.717) is 22.3 Å². The van der Waals surface area contributed by atoms with Gasteiger partial charge < -0.3 is 10.6 Å². The standard InChI is InChI=1S/C12H15ClN2OS/c1-15(9-4-5-17-7-9)12(16)10-3-2-8(13)6-11(10)14/h2-3,6,9H,4-5,7,14H2,1H3. The third-order valence-electron chi connectivity index (χ3n) is 3.02. The van der Waals surface area contributed by atoms with E-state index in [1.54, 1.807) is 23.1 Å². The Hall–Kier alpha value is -0.870. The lowest BCUT2D eigenvalue weighted by atomic mass is 10.1. The number of anilines is 1. The highest BCUT2D eigenvalue weighted by molar-refractivity contribution is 7.99. The number of nitrogens with zero attached hydrogens (tertiary/aromatic N) is 1. The molecule has 0 radical (unpaired) electrons. The van der Waals surface area contributed by atoms with Gasteiger partial charge in [0.2, 0.25) is 0 Å². The number of carbonyl (C=O) groups is 1. The summed E-state index contributed by atoms with van der Waals surface area (Å²) in [7, 11) is 1.84. The summed E-state index contributed by atoms with van der Waals surface area (Å²) < 4.78 is 0. The first-order valence-electron chi connectivity index (χ1n) is 5.49. The van der Waals surface area contributed by atoms with Gasteiger partial charge in [-0.3, -0.25) is 4.79 Å². The van der Waals surface area contributed by atoms with E-state index in [9.17, 15) is 4.79 Å². The monoisotopic (exact) mass is 270 g/mol. The summed E-state index contributed by atoms with van der Waals surface area (Å²) in [6.07, 6.45) is 1.06. The second-order valence-electron chi connectivity index (χ2n) is 4.17. The Labute approximate surface area is 110 Å². The van der Waals surface area contributed by atoms with Crippen LogP contribution >= 0.6 is 23.4 Å². The zero-order chi connectivity index (χ0) is 12.4. The van der Waals surface area contributed by atoms with Gasteiger partial charge in [0, 0.05) is 29.6 Å². The Balaban J connectivity index is 2.18. The molecule has 5 heteroatoms. The van der Waals surface area contributed by atoms with Crippen molar-refractivity contribution in [3.8, 4) is 0 Å². The van der Waals surface area contributed by atoms with Crippen molar-refractivity contribution in [2.24, 2.45) is 0 Å². The van der Waals surface area contributed by atoms with E-state index in [2.05, 4.69) is 0 Å². The molecule has 0 bridgehead atoms. The second-order valence-corrected chi connectivity index (χ2v) is 5.75. The van der Waals surface area contributed by atoms with Gasteiger partial charge in [0.25, 0.3) is 5.91 Å². The van der Waals surface area contributed by atoms with Crippen LogP contribution in [0.1, 0.15) is 16.8 Å². The Bertz CT molecular complexity index is 433. The number of hydrogen-bond donors (Lipinski definition) is 1. The first kappa shape index (κ1) is 12.6. The van der Waals surface area contributed by atoms with Crippen LogP contribution in [0.4, 0.5) is 5.69 Å². The second kappa shape index (κ2) is 5.19. The lowest BCUT2D eigenvalue weighted by molar-refractivity contribution is 0.0749. The summed E-state index contributed by atoms with van der Waals surface area (Å²) >= 11 is 7.70. The lowest BCUT2D eigenvalue weighted by Crippen LogP contribution is -2.37. The lowest BCUT2D eigenvalue weighted by Gasteiger charge is -2.24. The molecule has 0 aromatic heterocycles. The molecule has 3 nitrogen and oxygen atoms in total. The van der Waals surface area contributed by atoms with E-state index in [0.717, 1.165) is 17.9 Å². The number of benzene rings is 1. The first-order chi connectivity index (χ1) is 8.09. The zero-order valence-corrected chi connectivity index (χ0v) is 11.2. The van der Waals surface area contributed by atoms with Crippen molar-refractivity contribution >= 4 is 35.0 Å². The smallest absolute Gasteiger partial charge is 0.255 e. The van der Waals surface area contributed by atoms with Crippen LogP contribution in [-0.2, 0) is 0 Å². The van der Waals surface area contributed by atoms with Crippen molar-refractivity contribution < 1.29 is 4.79 Å². The summed E-state index contributed by atoms with van der Waals surface area (Å²) in [5.74, 6) is 2.11. The maximum atomic E-state index is 12.3. The molecule has 2 N–H and O–H groups in total. The average Bonchev–Trinajstić information content (AvgIpc) is 2.80. The van der Waals surface area contributed by atoms with Crippen molar-refractivity contribution in [3.63, 3.8) is 0 Å². The average molecular weight is 271 g/mol. The fourth-order valence-electron chi connectivity index (χ4n) is 1.91. The number of rotatable bonds is 2. The predicted molar refractivity (Wildman–Crippen MR) is 73.7 cm³/mol. The Morgan fingerprint density at radius 2 is 2.35 bits per heavy atom. The molecule has 92 valence electrons. The fourth-order valence-corrected chi connectivity index (χ4v) is 3.36. The van der Waals surface area contributed by atoms with Crippen LogP contribution in [0.2, 0.25) is 5.02 Å².